The third kappa shape index (κ3) is 7.03. The van der Waals surface area contributed by atoms with Gasteiger partial charge in [-0.2, -0.15) is 0 Å². The predicted octanol–water partition coefficient (Wildman–Crippen LogP) is 1.44. The first kappa shape index (κ1) is 17.9. The van der Waals surface area contributed by atoms with E-state index >= 15 is 0 Å². The fourth-order valence-corrected chi connectivity index (χ4v) is 1.77. The maximum atomic E-state index is 11.6. The van der Waals surface area contributed by atoms with Crippen molar-refractivity contribution in [2.45, 2.75) is 27.2 Å². The highest BCUT2D eigenvalue weighted by Gasteiger charge is 2.08. The number of hydrogen-bond donors (Lipinski definition) is 3. The van der Waals surface area contributed by atoms with Crippen molar-refractivity contribution in [2.24, 2.45) is 5.92 Å². The Morgan fingerprint density at radius 3 is 2.50 bits per heavy atom. The molecule has 120 valence electrons. The Hall–Kier alpha value is -2.15. The van der Waals surface area contributed by atoms with Gasteiger partial charge < -0.3 is 10.1 Å². The molecule has 0 bridgehead atoms. The molecular weight excluding hydrogens is 302 g/mol. The lowest BCUT2D eigenvalue weighted by atomic mass is 10.1. The summed E-state index contributed by atoms with van der Waals surface area (Å²) in [6.07, 6.45) is 0.367. The zero-order chi connectivity index (χ0) is 16.5. The van der Waals surface area contributed by atoms with Crippen LogP contribution in [0, 0.1) is 12.8 Å². The third-order valence-corrected chi connectivity index (χ3v) is 2.82. The van der Waals surface area contributed by atoms with Crippen molar-refractivity contribution in [3.05, 3.63) is 29.8 Å². The molecule has 1 aromatic carbocycles. The lowest BCUT2D eigenvalue weighted by Gasteiger charge is -2.12. The largest absolute Gasteiger partial charge is 0.483 e. The van der Waals surface area contributed by atoms with Crippen molar-refractivity contribution >= 4 is 29.1 Å². The number of thiocarbonyl (C=S) groups is 1. The fourth-order valence-electron chi connectivity index (χ4n) is 1.60. The van der Waals surface area contributed by atoms with E-state index in [2.05, 4.69) is 16.2 Å². The van der Waals surface area contributed by atoms with Crippen LogP contribution in [0.2, 0.25) is 0 Å². The quantitative estimate of drug-likeness (QED) is 0.564. The molecule has 0 saturated carbocycles. The van der Waals surface area contributed by atoms with Gasteiger partial charge in [0.25, 0.3) is 5.91 Å². The SMILES string of the molecule is Cc1ccccc1OCC(=O)NNC(=S)NC(=O)CC(C)C. The second-order valence-electron chi connectivity index (χ2n) is 5.20. The summed E-state index contributed by atoms with van der Waals surface area (Å²) in [5.74, 6) is 0.284. The Morgan fingerprint density at radius 2 is 1.86 bits per heavy atom. The minimum atomic E-state index is -0.399. The van der Waals surface area contributed by atoms with Gasteiger partial charge in [0, 0.05) is 6.42 Å². The van der Waals surface area contributed by atoms with E-state index in [0.717, 1.165) is 5.56 Å². The van der Waals surface area contributed by atoms with E-state index in [9.17, 15) is 9.59 Å². The number of amides is 2. The summed E-state index contributed by atoms with van der Waals surface area (Å²) in [4.78, 5) is 23.1. The van der Waals surface area contributed by atoms with Gasteiger partial charge in [0.1, 0.15) is 5.75 Å². The lowest BCUT2D eigenvalue weighted by Crippen LogP contribution is -2.49. The Balaban J connectivity index is 2.27. The second kappa shape index (κ2) is 8.99. The highest BCUT2D eigenvalue weighted by atomic mass is 32.1. The first-order chi connectivity index (χ1) is 10.4. The molecule has 0 spiro atoms. The van der Waals surface area contributed by atoms with Crippen molar-refractivity contribution in [1.82, 2.24) is 16.2 Å². The Labute approximate surface area is 135 Å². The zero-order valence-electron chi connectivity index (χ0n) is 12.9. The normalized spacial score (nSPS) is 10.0. The van der Waals surface area contributed by atoms with E-state index in [1.165, 1.54) is 0 Å². The van der Waals surface area contributed by atoms with Gasteiger partial charge in [0.2, 0.25) is 5.91 Å². The summed E-state index contributed by atoms with van der Waals surface area (Å²) in [6, 6.07) is 7.40. The molecule has 2 amide bonds. The van der Waals surface area contributed by atoms with Crippen molar-refractivity contribution in [3.63, 3.8) is 0 Å². The Bertz CT molecular complexity index is 547. The van der Waals surface area contributed by atoms with Crippen molar-refractivity contribution < 1.29 is 14.3 Å². The molecule has 0 unspecified atom stereocenters. The van der Waals surface area contributed by atoms with Crippen molar-refractivity contribution in [2.75, 3.05) is 6.61 Å². The highest BCUT2D eigenvalue weighted by molar-refractivity contribution is 7.80. The summed E-state index contributed by atoms with van der Waals surface area (Å²) < 4.78 is 5.38. The van der Waals surface area contributed by atoms with Crippen LogP contribution in [0.15, 0.2) is 24.3 Å². The van der Waals surface area contributed by atoms with Crippen LogP contribution in [0.5, 0.6) is 5.75 Å². The zero-order valence-corrected chi connectivity index (χ0v) is 13.8. The van der Waals surface area contributed by atoms with Crippen LogP contribution in [0.3, 0.4) is 0 Å². The minimum absolute atomic E-state index is 0.0508. The van der Waals surface area contributed by atoms with Gasteiger partial charge >= 0.3 is 0 Å². The van der Waals surface area contributed by atoms with E-state index in [4.69, 9.17) is 17.0 Å². The van der Waals surface area contributed by atoms with E-state index in [1.54, 1.807) is 6.07 Å². The number of hydrogen-bond acceptors (Lipinski definition) is 4. The van der Waals surface area contributed by atoms with Crippen LogP contribution in [-0.2, 0) is 9.59 Å². The van der Waals surface area contributed by atoms with Crippen LogP contribution in [0.4, 0.5) is 0 Å². The summed E-state index contributed by atoms with van der Waals surface area (Å²) in [6.45, 7) is 5.60. The summed E-state index contributed by atoms with van der Waals surface area (Å²) in [5, 5.41) is 2.53. The molecule has 0 radical (unpaired) electrons. The number of carbonyl (C=O) groups is 2. The molecule has 0 aliphatic rings. The molecule has 22 heavy (non-hydrogen) atoms. The number of nitrogens with one attached hydrogen (secondary N) is 3. The standard InChI is InChI=1S/C15H21N3O3S/c1-10(2)8-13(19)16-15(22)18-17-14(20)9-21-12-7-5-4-6-11(12)3/h4-7,10H,8-9H2,1-3H3,(H,17,20)(H2,16,18,19,22). The molecule has 1 aromatic rings. The summed E-state index contributed by atoms with van der Waals surface area (Å²) >= 11 is 4.90. The number of carbonyl (C=O) groups excluding carboxylic acids is 2. The Morgan fingerprint density at radius 1 is 1.18 bits per heavy atom. The maximum absolute atomic E-state index is 11.6. The highest BCUT2D eigenvalue weighted by Crippen LogP contribution is 2.15. The van der Waals surface area contributed by atoms with Gasteiger partial charge in [-0.05, 0) is 36.7 Å². The molecule has 0 heterocycles. The van der Waals surface area contributed by atoms with Gasteiger partial charge in [-0.25, -0.2) is 0 Å². The first-order valence-electron chi connectivity index (χ1n) is 6.95. The monoisotopic (exact) mass is 323 g/mol. The number of aryl methyl sites for hydroxylation is 1. The average molecular weight is 323 g/mol. The lowest BCUT2D eigenvalue weighted by molar-refractivity contribution is -0.124. The molecule has 0 fully saturated rings. The molecule has 0 atom stereocenters. The summed E-state index contributed by atoms with van der Waals surface area (Å²) in [7, 11) is 0. The predicted molar refractivity (Wildman–Crippen MR) is 88.1 cm³/mol. The summed E-state index contributed by atoms with van der Waals surface area (Å²) in [5.41, 5.74) is 5.76. The van der Waals surface area contributed by atoms with Crippen molar-refractivity contribution in [1.29, 1.82) is 0 Å². The van der Waals surface area contributed by atoms with Crippen LogP contribution < -0.4 is 20.9 Å². The molecule has 1 rings (SSSR count). The van der Waals surface area contributed by atoms with E-state index < -0.39 is 5.91 Å². The van der Waals surface area contributed by atoms with Crippen LogP contribution >= 0.6 is 12.2 Å². The first-order valence-corrected chi connectivity index (χ1v) is 7.36. The molecule has 0 aliphatic heterocycles. The number of benzene rings is 1. The van der Waals surface area contributed by atoms with Gasteiger partial charge in [-0.1, -0.05) is 32.0 Å². The number of ether oxygens (including phenoxy) is 1. The third-order valence-electron chi connectivity index (χ3n) is 2.61. The number of para-hydroxylation sites is 1. The van der Waals surface area contributed by atoms with Crippen LogP contribution in [0.25, 0.3) is 0 Å². The molecule has 6 nitrogen and oxygen atoms in total. The van der Waals surface area contributed by atoms with Crippen LogP contribution in [-0.4, -0.2) is 23.5 Å². The molecule has 0 aliphatic carbocycles. The van der Waals surface area contributed by atoms with Crippen molar-refractivity contribution in [3.8, 4) is 5.75 Å². The number of hydrazine groups is 1. The minimum Gasteiger partial charge on any atom is -0.483 e. The topological polar surface area (TPSA) is 79.5 Å². The molecule has 0 aromatic heterocycles. The Kier molecular flexibility index (Phi) is 7.31. The fraction of sp³-hybridized carbons (Fsp3) is 0.400. The van der Waals surface area contributed by atoms with Gasteiger partial charge in [-0.15, -0.1) is 0 Å². The molecular formula is C15H21N3O3S. The second-order valence-corrected chi connectivity index (χ2v) is 5.61. The van der Waals surface area contributed by atoms with Crippen LogP contribution in [0.1, 0.15) is 25.8 Å². The van der Waals surface area contributed by atoms with E-state index in [0.29, 0.717) is 12.2 Å². The van der Waals surface area contributed by atoms with E-state index in [-0.39, 0.29) is 23.5 Å². The van der Waals surface area contributed by atoms with Gasteiger partial charge in [0.15, 0.2) is 11.7 Å². The molecule has 7 heteroatoms. The van der Waals surface area contributed by atoms with Gasteiger partial charge in [-0.3, -0.25) is 20.4 Å². The molecule has 3 N–H and O–H groups in total. The smallest absolute Gasteiger partial charge is 0.276 e. The van der Waals surface area contributed by atoms with Gasteiger partial charge in [0.05, 0.1) is 0 Å². The number of rotatable bonds is 5. The van der Waals surface area contributed by atoms with E-state index in [1.807, 2.05) is 39.0 Å². The average Bonchev–Trinajstić information content (AvgIpc) is 2.43. The molecule has 0 saturated heterocycles. The maximum Gasteiger partial charge on any atom is 0.276 e.